The molecule has 0 N–H and O–H groups in total. The van der Waals surface area contributed by atoms with Gasteiger partial charge in [0, 0.05) is 5.39 Å². The third kappa shape index (κ3) is 1.70. The first kappa shape index (κ1) is 10.7. The number of aromatic nitrogens is 1. The average molecular weight is 240 g/mol. The maximum atomic E-state index is 6.20. The molecule has 1 heterocycles. The Kier molecular flexibility index (Phi) is 2.61. The topological polar surface area (TPSA) is 12.9 Å². The summed E-state index contributed by atoms with van der Waals surface area (Å²) < 4.78 is 0. The largest absolute Gasteiger partial charge is 0.251 e. The molecule has 0 fully saturated rings. The van der Waals surface area contributed by atoms with E-state index < -0.39 is 0 Å². The number of aryl methyl sites for hydroxylation is 3. The predicted octanol–water partition coefficient (Wildman–Crippen LogP) is 4.47. The highest BCUT2D eigenvalue weighted by molar-refractivity contribution is 6.45. The van der Waals surface area contributed by atoms with E-state index >= 15 is 0 Å². The van der Waals surface area contributed by atoms with Crippen LogP contribution >= 0.6 is 23.2 Å². The standard InChI is InChI=1S/C12H11Cl2N/c1-6-4-7(2)12-9(5-6)11(14)10(13)8(3)15-12/h4-5H,1-3H3. The summed E-state index contributed by atoms with van der Waals surface area (Å²) in [6, 6.07) is 4.11. The highest BCUT2D eigenvalue weighted by Crippen LogP contribution is 2.33. The molecule has 15 heavy (non-hydrogen) atoms. The van der Waals surface area contributed by atoms with Gasteiger partial charge < -0.3 is 0 Å². The molecule has 0 amide bonds. The molecule has 0 spiro atoms. The van der Waals surface area contributed by atoms with Gasteiger partial charge in [0.2, 0.25) is 0 Å². The number of halogens is 2. The van der Waals surface area contributed by atoms with E-state index in [9.17, 15) is 0 Å². The molecule has 0 saturated heterocycles. The van der Waals surface area contributed by atoms with Gasteiger partial charge >= 0.3 is 0 Å². The molecule has 0 bridgehead atoms. The lowest BCUT2D eigenvalue weighted by atomic mass is 10.1. The van der Waals surface area contributed by atoms with Gasteiger partial charge in [-0.25, -0.2) is 0 Å². The van der Waals surface area contributed by atoms with E-state index in [0.29, 0.717) is 10.0 Å². The molecule has 2 rings (SSSR count). The van der Waals surface area contributed by atoms with Gasteiger partial charge in [0.05, 0.1) is 21.3 Å². The van der Waals surface area contributed by atoms with Crippen molar-refractivity contribution < 1.29 is 0 Å². The summed E-state index contributed by atoms with van der Waals surface area (Å²) in [5, 5.41) is 2.09. The first-order valence-corrected chi connectivity index (χ1v) is 5.49. The lowest BCUT2D eigenvalue weighted by molar-refractivity contribution is 1.24. The Labute approximate surface area is 99.0 Å². The van der Waals surface area contributed by atoms with Gasteiger partial charge in [0.15, 0.2) is 0 Å². The lowest BCUT2D eigenvalue weighted by Gasteiger charge is -2.08. The highest BCUT2D eigenvalue weighted by Gasteiger charge is 2.10. The van der Waals surface area contributed by atoms with Crippen molar-refractivity contribution in [1.29, 1.82) is 0 Å². The van der Waals surface area contributed by atoms with Gasteiger partial charge in [-0.2, -0.15) is 0 Å². The smallest absolute Gasteiger partial charge is 0.0811 e. The number of rotatable bonds is 0. The fourth-order valence-electron chi connectivity index (χ4n) is 1.77. The Morgan fingerprint density at radius 3 is 2.33 bits per heavy atom. The first-order chi connectivity index (χ1) is 7.00. The van der Waals surface area contributed by atoms with Crippen molar-refractivity contribution in [2.45, 2.75) is 20.8 Å². The summed E-state index contributed by atoms with van der Waals surface area (Å²) in [4.78, 5) is 4.46. The number of pyridine rings is 1. The maximum absolute atomic E-state index is 6.20. The van der Waals surface area contributed by atoms with E-state index in [4.69, 9.17) is 23.2 Å². The van der Waals surface area contributed by atoms with Crippen molar-refractivity contribution in [3.63, 3.8) is 0 Å². The van der Waals surface area contributed by atoms with Crippen molar-refractivity contribution >= 4 is 34.1 Å². The van der Waals surface area contributed by atoms with Gasteiger partial charge in [0.25, 0.3) is 0 Å². The average Bonchev–Trinajstić information content (AvgIpc) is 2.17. The normalized spacial score (nSPS) is 11.0. The van der Waals surface area contributed by atoms with Gasteiger partial charge in [-0.1, -0.05) is 34.8 Å². The van der Waals surface area contributed by atoms with Crippen molar-refractivity contribution in [1.82, 2.24) is 4.98 Å². The summed E-state index contributed by atoms with van der Waals surface area (Å²) in [6.45, 7) is 5.94. The van der Waals surface area contributed by atoms with E-state index in [-0.39, 0.29) is 0 Å². The fraction of sp³-hybridized carbons (Fsp3) is 0.250. The number of hydrogen-bond donors (Lipinski definition) is 0. The number of hydrogen-bond acceptors (Lipinski definition) is 1. The quantitative estimate of drug-likeness (QED) is 0.662. The van der Waals surface area contributed by atoms with Crippen LogP contribution in [-0.4, -0.2) is 4.98 Å². The second kappa shape index (κ2) is 3.66. The molecule has 0 aliphatic heterocycles. The summed E-state index contributed by atoms with van der Waals surface area (Å²) in [7, 11) is 0. The lowest BCUT2D eigenvalue weighted by Crippen LogP contribution is -1.91. The van der Waals surface area contributed by atoms with Crippen LogP contribution < -0.4 is 0 Å². The Balaban J connectivity index is 2.98. The Hall–Kier alpha value is -0.790. The van der Waals surface area contributed by atoms with Gasteiger partial charge in [0.1, 0.15) is 0 Å². The Bertz CT molecular complexity index is 547. The Morgan fingerprint density at radius 2 is 1.67 bits per heavy atom. The third-order valence-corrected chi connectivity index (χ3v) is 3.42. The van der Waals surface area contributed by atoms with Crippen LogP contribution in [0.4, 0.5) is 0 Å². The van der Waals surface area contributed by atoms with Gasteiger partial charge in [-0.15, -0.1) is 0 Å². The van der Waals surface area contributed by atoms with Crippen molar-refractivity contribution in [2.24, 2.45) is 0 Å². The zero-order valence-corrected chi connectivity index (χ0v) is 10.4. The van der Waals surface area contributed by atoms with Crippen molar-refractivity contribution in [2.75, 3.05) is 0 Å². The summed E-state index contributed by atoms with van der Waals surface area (Å²) in [5.74, 6) is 0. The molecule has 0 saturated carbocycles. The Morgan fingerprint density at radius 1 is 1.00 bits per heavy atom. The molecule has 1 aromatic carbocycles. The molecular formula is C12H11Cl2N. The SMILES string of the molecule is Cc1cc(C)c2nc(C)c(Cl)c(Cl)c2c1. The summed E-state index contributed by atoms with van der Waals surface area (Å²) >= 11 is 12.3. The third-order valence-electron chi connectivity index (χ3n) is 2.47. The van der Waals surface area contributed by atoms with Crippen molar-refractivity contribution in [3.05, 3.63) is 39.0 Å². The van der Waals surface area contributed by atoms with Crippen LogP contribution in [0.5, 0.6) is 0 Å². The molecule has 0 atom stereocenters. The molecule has 78 valence electrons. The van der Waals surface area contributed by atoms with Gasteiger partial charge in [-0.05, 0) is 32.4 Å². The molecule has 0 aliphatic rings. The summed E-state index contributed by atoms with van der Waals surface area (Å²) in [5.41, 5.74) is 4.02. The maximum Gasteiger partial charge on any atom is 0.0811 e. The molecule has 2 aromatic rings. The fourth-order valence-corrected chi connectivity index (χ4v) is 2.19. The minimum Gasteiger partial charge on any atom is -0.251 e. The second-order valence-electron chi connectivity index (χ2n) is 3.80. The van der Waals surface area contributed by atoms with E-state index in [0.717, 1.165) is 22.2 Å². The highest BCUT2D eigenvalue weighted by atomic mass is 35.5. The van der Waals surface area contributed by atoms with Crippen LogP contribution in [0, 0.1) is 20.8 Å². The zero-order chi connectivity index (χ0) is 11.2. The van der Waals surface area contributed by atoms with Crippen molar-refractivity contribution in [3.8, 4) is 0 Å². The monoisotopic (exact) mass is 239 g/mol. The second-order valence-corrected chi connectivity index (χ2v) is 4.56. The molecule has 1 aromatic heterocycles. The van der Waals surface area contributed by atoms with Crippen LogP contribution in [0.15, 0.2) is 12.1 Å². The molecule has 0 unspecified atom stereocenters. The number of fused-ring (bicyclic) bond motifs is 1. The molecule has 0 aliphatic carbocycles. The van der Waals surface area contributed by atoms with Crippen LogP contribution in [-0.2, 0) is 0 Å². The van der Waals surface area contributed by atoms with E-state index in [2.05, 4.69) is 11.1 Å². The van der Waals surface area contributed by atoms with E-state index in [1.807, 2.05) is 26.8 Å². The molecular weight excluding hydrogens is 229 g/mol. The molecule has 1 nitrogen and oxygen atoms in total. The zero-order valence-electron chi connectivity index (χ0n) is 8.86. The number of benzene rings is 1. The number of nitrogens with zero attached hydrogens (tertiary/aromatic N) is 1. The minimum atomic E-state index is 0.550. The van der Waals surface area contributed by atoms with Crippen LogP contribution in [0.25, 0.3) is 10.9 Å². The van der Waals surface area contributed by atoms with E-state index in [1.54, 1.807) is 0 Å². The van der Waals surface area contributed by atoms with E-state index in [1.165, 1.54) is 5.56 Å². The first-order valence-electron chi connectivity index (χ1n) is 4.73. The van der Waals surface area contributed by atoms with Crippen LogP contribution in [0.3, 0.4) is 0 Å². The molecule has 0 radical (unpaired) electrons. The minimum absolute atomic E-state index is 0.550. The van der Waals surface area contributed by atoms with Crippen LogP contribution in [0.1, 0.15) is 16.8 Å². The van der Waals surface area contributed by atoms with Crippen LogP contribution in [0.2, 0.25) is 10.0 Å². The molecule has 3 heteroatoms. The predicted molar refractivity (Wildman–Crippen MR) is 66.0 cm³/mol. The summed E-state index contributed by atoms with van der Waals surface area (Å²) in [6.07, 6.45) is 0. The van der Waals surface area contributed by atoms with Gasteiger partial charge in [-0.3, -0.25) is 4.98 Å².